The van der Waals surface area contributed by atoms with Crippen LogP contribution in [0.2, 0.25) is 0 Å². The molecule has 156 valence electrons. The van der Waals surface area contributed by atoms with E-state index in [1.807, 2.05) is 0 Å². The molecule has 0 unspecified atom stereocenters. The van der Waals surface area contributed by atoms with Crippen molar-refractivity contribution in [3.05, 3.63) is 0 Å². The third kappa shape index (κ3) is 45.3. The largest absolute Gasteiger partial charge is 0.394 e. The van der Waals surface area contributed by atoms with Crippen LogP contribution in [0.4, 0.5) is 0 Å². The van der Waals surface area contributed by atoms with E-state index in [2.05, 4.69) is 4.74 Å². The first kappa shape index (κ1) is 29.4. The summed E-state index contributed by atoms with van der Waals surface area (Å²) in [5, 5.41) is 16.2. The zero-order chi connectivity index (χ0) is 19.4. The molecule has 9 nitrogen and oxygen atoms in total. The van der Waals surface area contributed by atoms with Gasteiger partial charge in [-0.05, 0) is 51.9 Å². The van der Waals surface area contributed by atoms with Crippen molar-refractivity contribution in [2.75, 3.05) is 79.0 Å². The van der Waals surface area contributed by atoms with Crippen molar-refractivity contribution >= 4 is 0 Å². The van der Waals surface area contributed by atoms with Gasteiger partial charge in [0.05, 0.1) is 26.4 Å². The quantitative estimate of drug-likeness (QED) is 0.175. The van der Waals surface area contributed by atoms with Gasteiger partial charge in [0.15, 0.2) is 0 Å². The van der Waals surface area contributed by atoms with Crippen LogP contribution in [0.3, 0.4) is 0 Å². The van der Waals surface area contributed by atoms with Gasteiger partial charge in [0.25, 0.3) is 0 Å². The highest BCUT2D eigenvalue weighted by atomic mass is 16.5. The van der Waals surface area contributed by atoms with Gasteiger partial charge >= 0.3 is 0 Å². The highest BCUT2D eigenvalue weighted by molar-refractivity contribution is 4.38. The van der Waals surface area contributed by atoms with E-state index in [9.17, 15) is 0 Å². The topological polar surface area (TPSA) is 172 Å². The molecule has 0 aromatic rings. The molecule has 0 heterocycles. The van der Waals surface area contributed by atoms with E-state index in [0.717, 1.165) is 52.1 Å². The van der Waals surface area contributed by atoms with Crippen LogP contribution in [0.25, 0.3) is 0 Å². The van der Waals surface area contributed by atoms with Crippen molar-refractivity contribution in [2.45, 2.75) is 25.7 Å². The molecule has 0 atom stereocenters. The van der Waals surface area contributed by atoms with E-state index in [0.29, 0.717) is 39.4 Å². The minimum absolute atomic E-state index is 0.0278. The lowest BCUT2D eigenvalue weighted by atomic mass is 10.4. The molecule has 0 aromatic carbocycles. The molecule has 0 bridgehead atoms. The summed E-state index contributed by atoms with van der Waals surface area (Å²) in [6, 6.07) is 0. The smallest absolute Gasteiger partial charge is 0.0698 e. The molecule has 0 spiro atoms. The fourth-order valence-corrected chi connectivity index (χ4v) is 1.18. The molecule has 0 saturated heterocycles. The van der Waals surface area contributed by atoms with E-state index in [4.69, 9.17) is 42.6 Å². The first-order chi connectivity index (χ1) is 12.2. The molecular weight excluding hydrogens is 328 g/mol. The molecule has 0 aliphatic heterocycles. The fraction of sp³-hybridized carbons (Fsp3) is 1.00. The third-order valence-corrected chi connectivity index (χ3v) is 2.44. The molecule has 0 aromatic heterocycles. The number of aliphatic hydroxyl groups excluding tert-OH is 2. The van der Waals surface area contributed by atoms with Crippen molar-refractivity contribution < 1.29 is 24.4 Å². The number of aliphatic hydroxyl groups is 2. The average molecular weight is 371 g/mol. The van der Waals surface area contributed by atoms with Crippen molar-refractivity contribution in [2.24, 2.45) is 22.9 Å². The summed E-state index contributed by atoms with van der Waals surface area (Å²) < 4.78 is 14.9. The first-order valence-corrected chi connectivity index (χ1v) is 9.00. The maximum absolute atomic E-state index is 8.09. The zero-order valence-corrected chi connectivity index (χ0v) is 15.7. The molecule has 10 N–H and O–H groups in total. The van der Waals surface area contributed by atoms with Crippen molar-refractivity contribution in [3.63, 3.8) is 0 Å². The Morgan fingerprint density at radius 1 is 0.440 bits per heavy atom. The van der Waals surface area contributed by atoms with Gasteiger partial charge in [0.1, 0.15) is 0 Å². The Kier molecular flexibility index (Phi) is 41.0. The highest BCUT2D eigenvalue weighted by Crippen LogP contribution is 1.82. The van der Waals surface area contributed by atoms with Crippen LogP contribution in [-0.2, 0) is 14.2 Å². The highest BCUT2D eigenvalue weighted by Gasteiger charge is 1.85. The van der Waals surface area contributed by atoms with Gasteiger partial charge in [-0.1, -0.05) is 0 Å². The normalized spacial score (nSPS) is 9.84. The van der Waals surface area contributed by atoms with Gasteiger partial charge in [0, 0.05) is 26.4 Å². The average Bonchev–Trinajstić information content (AvgIpc) is 2.63. The summed E-state index contributed by atoms with van der Waals surface area (Å²) >= 11 is 0. The SMILES string of the molecule is NCCCOCCCN.NCCCOCCCN.OCCOCCO. The Bertz CT molecular complexity index is 164. The van der Waals surface area contributed by atoms with E-state index in [-0.39, 0.29) is 13.2 Å². The van der Waals surface area contributed by atoms with Crippen molar-refractivity contribution in [1.82, 2.24) is 0 Å². The molecule has 25 heavy (non-hydrogen) atoms. The Morgan fingerprint density at radius 2 is 0.680 bits per heavy atom. The summed E-state index contributed by atoms with van der Waals surface area (Å²) in [6.07, 6.45) is 3.80. The van der Waals surface area contributed by atoms with Gasteiger partial charge in [-0.15, -0.1) is 0 Å². The van der Waals surface area contributed by atoms with Crippen molar-refractivity contribution in [3.8, 4) is 0 Å². The molecule has 0 aliphatic rings. The van der Waals surface area contributed by atoms with Gasteiger partial charge in [-0.2, -0.15) is 0 Å². The monoisotopic (exact) mass is 370 g/mol. The lowest BCUT2D eigenvalue weighted by molar-refractivity contribution is 0.0650. The summed E-state index contributed by atoms with van der Waals surface area (Å²) in [7, 11) is 0. The Morgan fingerprint density at radius 3 is 0.880 bits per heavy atom. The number of rotatable bonds is 16. The van der Waals surface area contributed by atoms with Crippen LogP contribution >= 0.6 is 0 Å². The van der Waals surface area contributed by atoms with Gasteiger partial charge in [-0.3, -0.25) is 0 Å². The lowest BCUT2D eigenvalue weighted by Crippen LogP contribution is -2.08. The summed E-state index contributed by atoms with van der Waals surface area (Å²) in [5.74, 6) is 0. The molecule has 0 saturated carbocycles. The molecule has 0 rings (SSSR count). The molecule has 9 heteroatoms. The minimum Gasteiger partial charge on any atom is -0.394 e. The second-order valence-corrected chi connectivity index (χ2v) is 4.85. The molecule has 0 amide bonds. The van der Waals surface area contributed by atoms with Crippen LogP contribution in [0, 0.1) is 0 Å². The summed E-state index contributed by atoms with van der Waals surface area (Å²) in [6.45, 7) is 6.64. The standard InChI is InChI=1S/2C6H16N2O.C4H10O3/c2*7-3-1-5-9-6-2-4-8;5-1-3-7-4-2-6/h2*1-8H2;5-6H,1-4H2. The van der Waals surface area contributed by atoms with Crippen LogP contribution in [0.15, 0.2) is 0 Å². The second-order valence-electron chi connectivity index (χ2n) is 4.85. The summed E-state index contributed by atoms with van der Waals surface area (Å²) in [5.41, 5.74) is 21.0. The summed E-state index contributed by atoms with van der Waals surface area (Å²) in [4.78, 5) is 0. The number of hydrogen-bond acceptors (Lipinski definition) is 9. The van der Waals surface area contributed by atoms with Crippen molar-refractivity contribution in [1.29, 1.82) is 0 Å². The van der Waals surface area contributed by atoms with Gasteiger partial charge in [-0.25, -0.2) is 0 Å². The minimum atomic E-state index is 0.0278. The van der Waals surface area contributed by atoms with Gasteiger partial charge in [0.2, 0.25) is 0 Å². The van der Waals surface area contributed by atoms with Crippen LogP contribution in [-0.4, -0.2) is 89.2 Å². The number of hydrogen-bond donors (Lipinski definition) is 6. The van der Waals surface area contributed by atoms with E-state index in [1.165, 1.54) is 0 Å². The maximum Gasteiger partial charge on any atom is 0.0698 e. The van der Waals surface area contributed by atoms with E-state index < -0.39 is 0 Å². The Hall–Kier alpha value is -0.360. The predicted octanol–water partition coefficient (Wildman–Crippen LogP) is -1.61. The number of ether oxygens (including phenoxy) is 3. The predicted molar refractivity (Wildman–Crippen MR) is 101 cm³/mol. The van der Waals surface area contributed by atoms with E-state index in [1.54, 1.807) is 0 Å². The molecule has 0 radical (unpaired) electrons. The first-order valence-electron chi connectivity index (χ1n) is 9.00. The molecular formula is C16H42N4O5. The molecule has 0 fully saturated rings. The second kappa shape index (κ2) is 34.9. The van der Waals surface area contributed by atoms with Crippen LogP contribution < -0.4 is 22.9 Å². The maximum atomic E-state index is 8.09. The molecule has 0 aliphatic carbocycles. The Balaban J connectivity index is -0.000000293. The van der Waals surface area contributed by atoms with Gasteiger partial charge < -0.3 is 47.4 Å². The van der Waals surface area contributed by atoms with Crippen LogP contribution in [0.1, 0.15) is 25.7 Å². The van der Waals surface area contributed by atoms with E-state index >= 15 is 0 Å². The Labute approximate surface area is 153 Å². The lowest BCUT2D eigenvalue weighted by Gasteiger charge is -1.99. The zero-order valence-electron chi connectivity index (χ0n) is 15.7. The van der Waals surface area contributed by atoms with Crippen LogP contribution in [0.5, 0.6) is 0 Å². The third-order valence-electron chi connectivity index (χ3n) is 2.44. The number of nitrogens with two attached hydrogens (primary N) is 4. The fourth-order valence-electron chi connectivity index (χ4n) is 1.18.